The molecule has 0 aromatic heterocycles. The van der Waals surface area contributed by atoms with E-state index in [1.807, 2.05) is 0 Å². The molecule has 49 heavy (non-hydrogen) atoms. The lowest BCUT2D eigenvalue weighted by Gasteiger charge is -2.70. The largest absolute Gasteiger partial charge is 0.476 e. The Hall–Kier alpha value is -2.24. The van der Waals surface area contributed by atoms with E-state index in [1.165, 1.54) is 12.1 Å². The molecule has 0 radical (unpaired) electrons. The lowest BCUT2D eigenvalue weighted by Crippen LogP contribution is -2.78. The van der Waals surface area contributed by atoms with E-state index in [1.54, 1.807) is 19.9 Å². The van der Waals surface area contributed by atoms with Crippen molar-refractivity contribution in [1.29, 1.82) is 0 Å². The molecule has 2 heterocycles. The SMILES string of the molecule is CCc1ccc(C2(OCC(F)(F)F)OOC23C2CC4CC3CC(Cl)(C4)C2)cc1OC1(C(=O)O)CC(O)C(NC(C)=O)C(C(O)C(O)CC)O1. The van der Waals surface area contributed by atoms with E-state index in [0.29, 0.717) is 31.2 Å². The zero-order chi connectivity index (χ0) is 35.7. The van der Waals surface area contributed by atoms with Crippen molar-refractivity contribution in [3.63, 3.8) is 0 Å². The summed E-state index contributed by atoms with van der Waals surface area (Å²) in [5.74, 6) is -7.42. The number of rotatable bonds is 11. The van der Waals surface area contributed by atoms with Crippen LogP contribution in [0.15, 0.2) is 18.2 Å². The van der Waals surface area contributed by atoms with Gasteiger partial charge in [-0.25, -0.2) is 9.68 Å². The third-order valence-electron chi connectivity index (χ3n) is 11.1. The number of carboxylic acids is 1. The van der Waals surface area contributed by atoms with Crippen LogP contribution in [0.25, 0.3) is 0 Å². The van der Waals surface area contributed by atoms with E-state index < -0.39 is 83.6 Å². The average Bonchev–Trinajstić information content (AvgIpc) is 2.99. The van der Waals surface area contributed by atoms with Crippen LogP contribution in [0.2, 0.25) is 0 Å². The molecule has 4 saturated carbocycles. The molecular formula is C33H43ClF3NO11. The van der Waals surface area contributed by atoms with Gasteiger partial charge in [0.25, 0.3) is 5.79 Å². The Balaban J connectivity index is 1.41. The number of amides is 1. The number of alkyl halides is 4. The Morgan fingerprint density at radius 2 is 1.78 bits per heavy atom. The molecule has 12 nitrogen and oxygen atoms in total. The van der Waals surface area contributed by atoms with E-state index in [2.05, 4.69) is 5.32 Å². The predicted octanol–water partition coefficient (Wildman–Crippen LogP) is 3.44. The number of aliphatic hydroxyl groups excluding tert-OH is 3. The summed E-state index contributed by atoms with van der Waals surface area (Å²) in [5.41, 5.74) is -0.781. The summed E-state index contributed by atoms with van der Waals surface area (Å²) >= 11 is 6.98. The van der Waals surface area contributed by atoms with Crippen LogP contribution in [0, 0.1) is 17.8 Å². The molecular weight excluding hydrogens is 679 g/mol. The van der Waals surface area contributed by atoms with E-state index in [0.717, 1.165) is 13.3 Å². The second-order valence-corrected chi connectivity index (χ2v) is 15.2. The molecule has 9 atom stereocenters. The lowest BCUT2D eigenvalue weighted by molar-refractivity contribution is -0.650. The fourth-order valence-corrected chi connectivity index (χ4v) is 9.72. The number of aliphatic hydroxyl groups is 3. The highest BCUT2D eigenvalue weighted by Crippen LogP contribution is 2.71. The van der Waals surface area contributed by atoms with Crippen LogP contribution in [0.1, 0.15) is 76.8 Å². The van der Waals surface area contributed by atoms with Gasteiger partial charge < -0.3 is 40.0 Å². The van der Waals surface area contributed by atoms with Gasteiger partial charge in [0.1, 0.15) is 24.6 Å². The maximum atomic E-state index is 13.8. The van der Waals surface area contributed by atoms with Crippen molar-refractivity contribution in [1.82, 2.24) is 5.32 Å². The van der Waals surface area contributed by atoms with Crippen molar-refractivity contribution in [2.45, 2.75) is 131 Å². The number of carboxylic acid groups (broad SMARTS) is 1. The first-order valence-electron chi connectivity index (χ1n) is 16.7. The maximum absolute atomic E-state index is 13.8. The van der Waals surface area contributed by atoms with E-state index in [9.17, 15) is 43.2 Å². The third kappa shape index (κ3) is 6.11. The fourth-order valence-electron chi connectivity index (χ4n) is 9.13. The fraction of sp³-hybridized carbons (Fsp3) is 0.758. The number of aliphatic carboxylic acids is 1. The molecule has 1 aromatic carbocycles. The summed E-state index contributed by atoms with van der Waals surface area (Å²) in [6.45, 7) is 2.82. The molecule has 6 fully saturated rings. The smallest absolute Gasteiger partial charge is 0.411 e. The topological polar surface area (TPSA) is 173 Å². The standard InChI is InChI=1S/C33H43ClF3NO11/c1-4-18-6-7-19(33(45-15-31(35,36)37)32(48-49-33)20-8-17-9-21(32)13-29(34,11-17)12-20)10-24(18)46-30(28(43)44)14-23(41)25(38-16(3)39)27(47-30)26(42)22(40)5-2/h6-7,10,17,20-23,25-27,40-42H,4-5,8-9,11-15H2,1-3H3,(H,38,39)(H,43,44). The number of nitrogens with one attached hydrogen (secondary N) is 1. The highest BCUT2D eigenvalue weighted by molar-refractivity contribution is 6.24. The Labute approximate surface area is 286 Å². The number of carbonyl (C=O) groups excluding carboxylic acids is 1. The summed E-state index contributed by atoms with van der Waals surface area (Å²) in [4.78, 5) is 36.0. The minimum Gasteiger partial charge on any atom is -0.476 e. The van der Waals surface area contributed by atoms with Gasteiger partial charge >= 0.3 is 17.9 Å². The molecule has 6 aliphatic rings. The number of benzene rings is 1. The van der Waals surface area contributed by atoms with Crippen LogP contribution in [0.5, 0.6) is 5.75 Å². The Kier molecular flexibility index (Phi) is 9.52. The Morgan fingerprint density at radius 1 is 1.10 bits per heavy atom. The molecule has 9 unspecified atom stereocenters. The summed E-state index contributed by atoms with van der Waals surface area (Å²) in [6, 6.07) is 3.12. The molecule has 4 bridgehead atoms. The van der Waals surface area contributed by atoms with E-state index in [-0.39, 0.29) is 41.9 Å². The highest BCUT2D eigenvalue weighted by Gasteiger charge is 2.79. The van der Waals surface area contributed by atoms with Gasteiger partial charge in [0.15, 0.2) is 5.60 Å². The highest BCUT2D eigenvalue weighted by atomic mass is 35.5. The zero-order valence-electron chi connectivity index (χ0n) is 27.4. The number of ether oxygens (including phenoxy) is 3. The van der Waals surface area contributed by atoms with Gasteiger partial charge in [-0.05, 0) is 74.3 Å². The van der Waals surface area contributed by atoms with Crippen molar-refractivity contribution in [2.75, 3.05) is 6.61 Å². The first kappa shape index (κ1) is 36.5. The number of halogens is 4. The lowest BCUT2D eigenvalue weighted by atomic mass is 9.46. The zero-order valence-corrected chi connectivity index (χ0v) is 28.1. The summed E-state index contributed by atoms with van der Waals surface area (Å²) in [5, 5.41) is 45.5. The van der Waals surface area contributed by atoms with Crippen molar-refractivity contribution < 1.29 is 67.2 Å². The van der Waals surface area contributed by atoms with Gasteiger partial charge in [-0.15, -0.1) is 11.6 Å². The quantitative estimate of drug-likeness (QED) is 0.167. The molecule has 274 valence electrons. The van der Waals surface area contributed by atoms with Gasteiger partial charge in [-0.3, -0.25) is 4.79 Å². The molecule has 7 rings (SSSR count). The van der Waals surface area contributed by atoms with E-state index in [4.69, 9.17) is 35.6 Å². The molecule has 1 spiro atoms. The van der Waals surface area contributed by atoms with E-state index >= 15 is 0 Å². The normalized spacial score (nSPS) is 40.9. The first-order chi connectivity index (χ1) is 22.9. The number of hydrogen-bond acceptors (Lipinski definition) is 10. The van der Waals surface area contributed by atoms with Crippen LogP contribution >= 0.6 is 11.6 Å². The van der Waals surface area contributed by atoms with Gasteiger partial charge in [0.2, 0.25) is 5.91 Å². The van der Waals surface area contributed by atoms with Crippen molar-refractivity contribution in [2.24, 2.45) is 17.8 Å². The van der Waals surface area contributed by atoms with Crippen LogP contribution < -0.4 is 10.1 Å². The number of aryl methyl sites for hydroxylation is 1. The number of carbonyl (C=O) groups is 2. The van der Waals surface area contributed by atoms with Crippen LogP contribution in [0.4, 0.5) is 13.2 Å². The Morgan fingerprint density at radius 3 is 2.29 bits per heavy atom. The van der Waals surface area contributed by atoms with Gasteiger partial charge in [-0.1, -0.05) is 26.0 Å². The van der Waals surface area contributed by atoms with Crippen molar-refractivity contribution >= 4 is 23.5 Å². The Bertz CT molecular complexity index is 1430. The predicted molar refractivity (Wildman–Crippen MR) is 163 cm³/mol. The van der Waals surface area contributed by atoms with Gasteiger partial charge in [0, 0.05) is 17.4 Å². The second-order valence-electron chi connectivity index (χ2n) is 14.4. The number of hydrogen-bond donors (Lipinski definition) is 5. The second kappa shape index (κ2) is 12.8. The molecule has 2 aliphatic heterocycles. The van der Waals surface area contributed by atoms with Crippen molar-refractivity contribution in [3.8, 4) is 5.75 Å². The van der Waals surface area contributed by atoms with Crippen LogP contribution in [-0.2, 0) is 41.0 Å². The molecule has 16 heteroatoms. The molecule has 2 saturated heterocycles. The summed E-state index contributed by atoms with van der Waals surface area (Å²) in [6.07, 6.45) is -8.45. The molecule has 4 aliphatic carbocycles. The average molecular weight is 722 g/mol. The molecule has 1 aromatic rings. The monoisotopic (exact) mass is 721 g/mol. The minimum absolute atomic E-state index is 0.0320. The molecule has 5 N–H and O–H groups in total. The molecule has 1 amide bonds. The summed E-state index contributed by atoms with van der Waals surface area (Å²) in [7, 11) is 0. The van der Waals surface area contributed by atoms with Gasteiger partial charge in [-0.2, -0.15) is 18.1 Å². The maximum Gasteiger partial charge on any atom is 0.411 e. The first-order valence-corrected chi connectivity index (χ1v) is 17.1. The third-order valence-corrected chi connectivity index (χ3v) is 11.6. The van der Waals surface area contributed by atoms with Gasteiger partial charge in [0.05, 0.1) is 24.7 Å². The minimum atomic E-state index is -4.72. The summed E-state index contributed by atoms with van der Waals surface area (Å²) < 4.78 is 59.1. The van der Waals surface area contributed by atoms with Crippen molar-refractivity contribution in [3.05, 3.63) is 29.3 Å². The van der Waals surface area contributed by atoms with Crippen LogP contribution in [-0.4, -0.2) is 91.8 Å². The van der Waals surface area contributed by atoms with Crippen LogP contribution in [0.3, 0.4) is 0 Å².